The molecule has 2 atom stereocenters. The first-order valence-electron chi connectivity index (χ1n) is 6.16. The van der Waals surface area contributed by atoms with E-state index in [4.69, 9.17) is 0 Å². The number of halogens is 1. The topological polar surface area (TPSA) is 32.3 Å². The predicted octanol–water partition coefficient (Wildman–Crippen LogP) is 2.88. The molecule has 0 radical (unpaired) electrons. The van der Waals surface area contributed by atoms with Gasteiger partial charge in [-0.25, -0.2) is 4.39 Å². The zero-order valence-electron chi connectivity index (χ0n) is 10.8. The van der Waals surface area contributed by atoms with Crippen molar-refractivity contribution in [3.63, 3.8) is 0 Å². The van der Waals surface area contributed by atoms with Gasteiger partial charge in [-0.2, -0.15) is 0 Å². The number of nitrogens with one attached hydrogen (secondary N) is 1. The van der Waals surface area contributed by atoms with Gasteiger partial charge >= 0.3 is 0 Å². The highest BCUT2D eigenvalue weighted by Crippen LogP contribution is 2.18. The van der Waals surface area contributed by atoms with Gasteiger partial charge < -0.3 is 10.4 Å². The number of aliphatic hydroxyl groups is 1. The molecule has 2 N–H and O–H groups in total. The Labute approximate surface area is 103 Å². The summed E-state index contributed by atoms with van der Waals surface area (Å²) >= 11 is 0. The van der Waals surface area contributed by atoms with Crippen LogP contribution < -0.4 is 5.32 Å². The van der Waals surface area contributed by atoms with E-state index in [1.807, 2.05) is 13.0 Å². The highest BCUT2D eigenvalue weighted by Gasteiger charge is 2.16. The van der Waals surface area contributed by atoms with Gasteiger partial charge in [-0.15, -0.1) is 0 Å². The number of hydrogen-bond donors (Lipinski definition) is 2. The summed E-state index contributed by atoms with van der Waals surface area (Å²) in [5.74, 6) is 0.307. The van der Waals surface area contributed by atoms with Crippen molar-refractivity contribution < 1.29 is 9.50 Å². The molecule has 0 aliphatic rings. The number of hydrogen-bond acceptors (Lipinski definition) is 2. The summed E-state index contributed by atoms with van der Waals surface area (Å²) in [6.07, 6.45) is 0.884. The molecule has 1 rings (SSSR count). The summed E-state index contributed by atoms with van der Waals surface area (Å²) in [4.78, 5) is 0. The van der Waals surface area contributed by atoms with Crippen molar-refractivity contribution in [2.75, 3.05) is 6.61 Å². The Morgan fingerprint density at radius 2 is 1.88 bits per heavy atom. The molecule has 0 fully saturated rings. The van der Waals surface area contributed by atoms with Crippen LogP contribution >= 0.6 is 0 Å². The summed E-state index contributed by atoms with van der Waals surface area (Å²) in [6.45, 7) is 6.22. The maximum Gasteiger partial charge on any atom is 0.127 e. The van der Waals surface area contributed by atoms with E-state index in [9.17, 15) is 9.50 Å². The molecule has 2 nitrogen and oxygen atoms in total. The van der Waals surface area contributed by atoms with Crippen LogP contribution in [0.2, 0.25) is 0 Å². The first kappa shape index (κ1) is 14.1. The van der Waals surface area contributed by atoms with Crippen molar-refractivity contribution in [2.24, 2.45) is 5.92 Å². The van der Waals surface area contributed by atoms with Gasteiger partial charge in [0.15, 0.2) is 0 Å². The molecule has 17 heavy (non-hydrogen) atoms. The Morgan fingerprint density at radius 3 is 2.41 bits per heavy atom. The van der Waals surface area contributed by atoms with Crippen LogP contribution in [0, 0.1) is 11.7 Å². The van der Waals surface area contributed by atoms with Gasteiger partial charge in [-0.05, 0) is 25.3 Å². The van der Waals surface area contributed by atoms with Crippen molar-refractivity contribution >= 4 is 0 Å². The molecule has 0 saturated heterocycles. The van der Waals surface area contributed by atoms with E-state index in [0.717, 1.165) is 6.42 Å². The fourth-order valence-corrected chi connectivity index (χ4v) is 2.03. The number of aliphatic hydroxyl groups excluding tert-OH is 1. The van der Waals surface area contributed by atoms with Crippen LogP contribution in [0.25, 0.3) is 0 Å². The quantitative estimate of drug-likeness (QED) is 0.800. The summed E-state index contributed by atoms with van der Waals surface area (Å²) in [7, 11) is 0. The monoisotopic (exact) mass is 239 g/mol. The van der Waals surface area contributed by atoms with Crippen molar-refractivity contribution in [3.05, 3.63) is 35.6 Å². The van der Waals surface area contributed by atoms with E-state index < -0.39 is 0 Å². The van der Waals surface area contributed by atoms with Gasteiger partial charge in [0.2, 0.25) is 0 Å². The molecular formula is C14H22FNO. The summed E-state index contributed by atoms with van der Waals surface area (Å²) in [5, 5.41) is 12.5. The molecular weight excluding hydrogens is 217 g/mol. The normalized spacial score (nSPS) is 14.9. The van der Waals surface area contributed by atoms with E-state index in [1.165, 1.54) is 6.07 Å². The largest absolute Gasteiger partial charge is 0.395 e. The third-order valence-corrected chi connectivity index (χ3v) is 2.83. The summed E-state index contributed by atoms with van der Waals surface area (Å²) in [5.41, 5.74) is 0.648. The Hall–Kier alpha value is -0.930. The van der Waals surface area contributed by atoms with E-state index in [1.54, 1.807) is 12.1 Å². The van der Waals surface area contributed by atoms with Gasteiger partial charge in [0.05, 0.1) is 6.61 Å². The Kier molecular flexibility index (Phi) is 5.59. The third-order valence-electron chi connectivity index (χ3n) is 2.83. The minimum absolute atomic E-state index is 0.0182. The van der Waals surface area contributed by atoms with Crippen molar-refractivity contribution in [2.45, 2.75) is 39.3 Å². The zero-order valence-corrected chi connectivity index (χ0v) is 10.8. The van der Waals surface area contributed by atoms with E-state index in [-0.39, 0.29) is 24.5 Å². The molecule has 0 amide bonds. The standard InChI is InChI=1S/C14H22FNO/c1-10(2)8-12(9-17)16-11(3)13-6-4-5-7-14(13)15/h4-7,10-12,16-17H,8-9H2,1-3H3. The average Bonchev–Trinajstić information content (AvgIpc) is 2.27. The second kappa shape index (κ2) is 6.72. The van der Waals surface area contributed by atoms with E-state index in [2.05, 4.69) is 19.2 Å². The van der Waals surface area contributed by atoms with Crippen LogP contribution in [0.5, 0.6) is 0 Å². The van der Waals surface area contributed by atoms with Crippen LogP contribution in [-0.2, 0) is 0 Å². The van der Waals surface area contributed by atoms with Gasteiger partial charge in [0.1, 0.15) is 5.82 Å². The SMILES string of the molecule is CC(C)CC(CO)NC(C)c1ccccc1F. The van der Waals surface area contributed by atoms with Crippen LogP contribution in [0.3, 0.4) is 0 Å². The lowest BCUT2D eigenvalue weighted by Crippen LogP contribution is -2.35. The second-order valence-corrected chi connectivity index (χ2v) is 4.92. The zero-order chi connectivity index (χ0) is 12.8. The molecule has 2 unspecified atom stereocenters. The lowest BCUT2D eigenvalue weighted by molar-refractivity contribution is 0.214. The minimum Gasteiger partial charge on any atom is -0.395 e. The molecule has 96 valence electrons. The van der Waals surface area contributed by atoms with Crippen molar-refractivity contribution in [1.29, 1.82) is 0 Å². The molecule has 0 heterocycles. The van der Waals surface area contributed by atoms with E-state index in [0.29, 0.717) is 11.5 Å². The molecule has 3 heteroatoms. The fraction of sp³-hybridized carbons (Fsp3) is 0.571. The highest BCUT2D eigenvalue weighted by atomic mass is 19.1. The Morgan fingerprint density at radius 1 is 1.24 bits per heavy atom. The van der Waals surface area contributed by atoms with Crippen LogP contribution in [-0.4, -0.2) is 17.8 Å². The number of rotatable bonds is 6. The molecule has 0 aliphatic heterocycles. The second-order valence-electron chi connectivity index (χ2n) is 4.92. The molecule has 0 spiro atoms. The number of benzene rings is 1. The lowest BCUT2D eigenvalue weighted by atomic mass is 10.0. The molecule has 0 bridgehead atoms. The van der Waals surface area contributed by atoms with Crippen molar-refractivity contribution in [3.8, 4) is 0 Å². The van der Waals surface area contributed by atoms with Crippen LogP contribution in [0.4, 0.5) is 4.39 Å². The maximum atomic E-state index is 13.6. The first-order chi connectivity index (χ1) is 8.04. The summed E-state index contributed by atoms with van der Waals surface area (Å²) < 4.78 is 13.6. The fourth-order valence-electron chi connectivity index (χ4n) is 2.03. The van der Waals surface area contributed by atoms with Gasteiger partial charge in [0, 0.05) is 17.6 Å². The highest BCUT2D eigenvalue weighted by molar-refractivity contribution is 5.20. The maximum absolute atomic E-state index is 13.6. The lowest BCUT2D eigenvalue weighted by Gasteiger charge is -2.23. The third kappa shape index (κ3) is 4.44. The molecule has 1 aromatic rings. The molecule has 0 saturated carbocycles. The molecule has 0 aromatic heterocycles. The predicted molar refractivity (Wildman–Crippen MR) is 68.3 cm³/mol. The Bertz CT molecular complexity index is 341. The van der Waals surface area contributed by atoms with Crippen molar-refractivity contribution in [1.82, 2.24) is 5.32 Å². The average molecular weight is 239 g/mol. The summed E-state index contributed by atoms with van der Waals surface area (Å²) in [6, 6.07) is 6.67. The Balaban J connectivity index is 2.64. The van der Waals surface area contributed by atoms with E-state index >= 15 is 0 Å². The molecule has 0 aliphatic carbocycles. The van der Waals surface area contributed by atoms with Crippen LogP contribution in [0.1, 0.15) is 38.8 Å². The smallest absolute Gasteiger partial charge is 0.127 e. The van der Waals surface area contributed by atoms with Crippen LogP contribution in [0.15, 0.2) is 24.3 Å². The minimum atomic E-state index is -0.200. The molecule has 1 aromatic carbocycles. The van der Waals surface area contributed by atoms with Gasteiger partial charge in [-0.1, -0.05) is 32.0 Å². The van der Waals surface area contributed by atoms with Gasteiger partial charge in [0.25, 0.3) is 0 Å². The van der Waals surface area contributed by atoms with Gasteiger partial charge in [-0.3, -0.25) is 0 Å². The first-order valence-corrected chi connectivity index (χ1v) is 6.16.